The van der Waals surface area contributed by atoms with Crippen molar-refractivity contribution in [1.29, 1.82) is 0 Å². The Morgan fingerprint density at radius 1 is 1.13 bits per heavy atom. The van der Waals surface area contributed by atoms with E-state index in [1.165, 1.54) is 16.7 Å². The van der Waals surface area contributed by atoms with E-state index in [0.717, 1.165) is 42.3 Å². The first-order valence-electron chi connectivity index (χ1n) is 7.67. The number of ether oxygens (including phenoxy) is 1. The molecule has 0 aliphatic carbocycles. The number of hydrogen-bond donors (Lipinski definition) is 1. The summed E-state index contributed by atoms with van der Waals surface area (Å²) in [6.45, 7) is 1.80. The fourth-order valence-electron chi connectivity index (χ4n) is 2.54. The lowest BCUT2D eigenvalue weighted by atomic mass is 10.1. The van der Waals surface area contributed by atoms with E-state index in [0.29, 0.717) is 0 Å². The van der Waals surface area contributed by atoms with Crippen molar-refractivity contribution in [3.8, 4) is 5.75 Å². The second-order valence-corrected chi connectivity index (χ2v) is 6.71. The Morgan fingerprint density at radius 3 is 2.70 bits per heavy atom. The smallest absolute Gasteiger partial charge is 0.118 e. The van der Waals surface area contributed by atoms with Crippen LogP contribution in [0.5, 0.6) is 5.75 Å². The third kappa shape index (κ3) is 4.06. The molecule has 1 heterocycles. The highest BCUT2D eigenvalue weighted by Crippen LogP contribution is 2.28. The minimum absolute atomic E-state index is 0.838. The number of rotatable bonds is 7. The van der Waals surface area contributed by atoms with Crippen LogP contribution in [0, 0.1) is 0 Å². The van der Waals surface area contributed by atoms with Gasteiger partial charge in [0.05, 0.1) is 34.0 Å². The van der Waals surface area contributed by atoms with Gasteiger partial charge in [-0.3, -0.25) is 0 Å². The SMILES string of the molecule is COc1ccc(CNCCCc2ccc3c(c2)S(=O)C=N3)cc1. The maximum atomic E-state index is 11.7. The minimum Gasteiger partial charge on any atom is -0.497 e. The van der Waals surface area contributed by atoms with E-state index >= 15 is 0 Å². The standard InChI is InChI=1S/C18H20N2O2S/c1-22-16-7-4-15(5-8-16)12-19-10-2-3-14-6-9-17-18(11-14)23(21)13-20-17/h4-9,11,13,19H,2-3,10,12H2,1H3. The van der Waals surface area contributed by atoms with Crippen molar-refractivity contribution in [3.63, 3.8) is 0 Å². The summed E-state index contributed by atoms with van der Waals surface area (Å²) in [5.74, 6) is 0.881. The normalized spacial score (nSPS) is 15.6. The van der Waals surface area contributed by atoms with Gasteiger partial charge in [0, 0.05) is 6.54 Å². The number of methoxy groups -OCH3 is 1. The Kier molecular flexibility index (Phi) is 5.20. The molecule has 5 heteroatoms. The second kappa shape index (κ2) is 7.53. The highest BCUT2D eigenvalue weighted by Gasteiger charge is 2.13. The van der Waals surface area contributed by atoms with Crippen LogP contribution in [0.2, 0.25) is 0 Å². The van der Waals surface area contributed by atoms with Crippen molar-refractivity contribution in [1.82, 2.24) is 5.32 Å². The summed E-state index contributed by atoms with van der Waals surface area (Å²) in [5.41, 5.74) is 4.81. The van der Waals surface area contributed by atoms with Crippen LogP contribution < -0.4 is 10.1 Å². The third-order valence-corrected chi connectivity index (χ3v) is 4.89. The molecule has 0 spiro atoms. The Morgan fingerprint density at radius 2 is 1.91 bits per heavy atom. The van der Waals surface area contributed by atoms with Crippen LogP contribution in [0.3, 0.4) is 0 Å². The van der Waals surface area contributed by atoms with Crippen LogP contribution in [0.25, 0.3) is 0 Å². The van der Waals surface area contributed by atoms with Crippen LogP contribution in [-0.4, -0.2) is 23.4 Å². The van der Waals surface area contributed by atoms with E-state index in [9.17, 15) is 4.21 Å². The molecule has 23 heavy (non-hydrogen) atoms. The number of fused-ring (bicyclic) bond motifs is 1. The highest BCUT2D eigenvalue weighted by molar-refractivity contribution is 7.99. The van der Waals surface area contributed by atoms with Gasteiger partial charge in [0.2, 0.25) is 0 Å². The van der Waals surface area contributed by atoms with Crippen LogP contribution in [0.1, 0.15) is 17.5 Å². The maximum Gasteiger partial charge on any atom is 0.118 e. The molecular formula is C18H20N2O2S. The zero-order valence-corrected chi connectivity index (χ0v) is 13.9. The molecule has 1 N–H and O–H groups in total. The van der Waals surface area contributed by atoms with Gasteiger partial charge in [-0.1, -0.05) is 18.2 Å². The lowest BCUT2D eigenvalue weighted by molar-refractivity contribution is 0.414. The molecule has 1 unspecified atom stereocenters. The van der Waals surface area contributed by atoms with Gasteiger partial charge < -0.3 is 10.1 Å². The molecule has 0 bridgehead atoms. The monoisotopic (exact) mass is 328 g/mol. The molecule has 1 aliphatic heterocycles. The molecule has 0 fully saturated rings. The number of aliphatic imine (C=N–C) groups is 1. The topological polar surface area (TPSA) is 50.7 Å². The fourth-order valence-corrected chi connectivity index (χ4v) is 3.45. The van der Waals surface area contributed by atoms with Gasteiger partial charge in [-0.2, -0.15) is 0 Å². The molecule has 0 aromatic heterocycles. The molecule has 4 nitrogen and oxygen atoms in total. The molecule has 0 saturated carbocycles. The molecule has 3 rings (SSSR count). The molecular weight excluding hydrogens is 308 g/mol. The Labute approximate surface area is 139 Å². The molecule has 1 aliphatic rings. The first-order chi connectivity index (χ1) is 11.3. The zero-order chi connectivity index (χ0) is 16.1. The maximum absolute atomic E-state index is 11.7. The molecule has 120 valence electrons. The molecule has 0 radical (unpaired) electrons. The van der Waals surface area contributed by atoms with Crippen LogP contribution >= 0.6 is 0 Å². The molecule has 2 aromatic rings. The number of benzene rings is 2. The summed E-state index contributed by atoms with van der Waals surface area (Å²) in [7, 11) is 0.612. The van der Waals surface area contributed by atoms with Gasteiger partial charge in [0.25, 0.3) is 0 Å². The second-order valence-electron chi connectivity index (χ2n) is 5.46. The van der Waals surface area contributed by atoms with Crippen molar-refractivity contribution < 1.29 is 8.95 Å². The van der Waals surface area contributed by atoms with Gasteiger partial charge in [0.1, 0.15) is 5.75 Å². The Bertz CT molecular complexity index is 726. The fraction of sp³-hybridized carbons (Fsp3) is 0.278. The highest BCUT2D eigenvalue weighted by atomic mass is 32.2. The zero-order valence-electron chi connectivity index (χ0n) is 13.1. The predicted molar refractivity (Wildman–Crippen MR) is 94.0 cm³/mol. The lowest BCUT2D eigenvalue weighted by Crippen LogP contribution is -2.15. The summed E-state index contributed by atoms with van der Waals surface area (Å²) >= 11 is 0. The molecule has 0 amide bonds. The summed E-state index contributed by atoms with van der Waals surface area (Å²) in [6, 6.07) is 14.1. The lowest BCUT2D eigenvalue weighted by Gasteiger charge is -2.07. The molecule has 2 aromatic carbocycles. The van der Waals surface area contributed by atoms with E-state index in [1.54, 1.807) is 7.11 Å². The van der Waals surface area contributed by atoms with Gasteiger partial charge in [-0.05, 0) is 54.8 Å². The minimum atomic E-state index is -1.06. The first-order valence-corrected chi connectivity index (χ1v) is 8.89. The van der Waals surface area contributed by atoms with E-state index in [1.807, 2.05) is 24.3 Å². The van der Waals surface area contributed by atoms with E-state index in [-0.39, 0.29) is 0 Å². The van der Waals surface area contributed by atoms with Gasteiger partial charge >= 0.3 is 0 Å². The van der Waals surface area contributed by atoms with Gasteiger partial charge in [-0.25, -0.2) is 9.20 Å². The van der Waals surface area contributed by atoms with E-state index in [4.69, 9.17) is 4.74 Å². The van der Waals surface area contributed by atoms with E-state index in [2.05, 4.69) is 28.5 Å². The van der Waals surface area contributed by atoms with Crippen molar-refractivity contribution in [2.45, 2.75) is 24.3 Å². The summed E-state index contributed by atoms with van der Waals surface area (Å²) in [4.78, 5) is 4.97. The third-order valence-electron chi connectivity index (χ3n) is 3.84. The average Bonchev–Trinajstić information content (AvgIpc) is 2.96. The summed E-state index contributed by atoms with van der Waals surface area (Å²) in [5, 5.41) is 3.45. The van der Waals surface area contributed by atoms with Crippen LogP contribution in [0.15, 0.2) is 52.4 Å². The van der Waals surface area contributed by atoms with Crippen LogP contribution in [-0.2, 0) is 23.8 Å². The van der Waals surface area contributed by atoms with Crippen LogP contribution in [0.4, 0.5) is 5.69 Å². The largest absolute Gasteiger partial charge is 0.497 e. The quantitative estimate of drug-likeness (QED) is 0.794. The Balaban J connectivity index is 1.42. The van der Waals surface area contributed by atoms with Gasteiger partial charge in [-0.15, -0.1) is 0 Å². The van der Waals surface area contributed by atoms with Crippen molar-refractivity contribution in [2.75, 3.05) is 13.7 Å². The van der Waals surface area contributed by atoms with Crippen molar-refractivity contribution in [2.24, 2.45) is 4.99 Å². The molecule has 1 atom stereocenters. The predicted octanol–water partition coefficient (Wildman–Crippen LogP) is 3.20. The molecule has 0 saturated heterocycles. The van der Waals surface area contributed by atoms with E-state index < -0.39 is 10.8 Å². The average molecular weight is 328 g/mol. The van der Waals surface area contributed by atoms with Crippen molar-refractivity contribution >= 4 is 22.0 Å². The summed E-state index contributed by atoms with van der Waals surface area (Å²) < 4.78 is 16.9. The first kappa shape index (κ1) is 15.9. The number of nitrogens with one attached hydrogen (secondary N) is 1. The van der Waals surface area contributed by atoms with Crippen molar-refractivity contribution in [3.05, 3.63) is 53.6 Å². The Hall–Kier alpha value is -1.98. The van der Waals surface area contributed by atoms with Gasteiger partial charge in [0.15, 0.2) is 0 Å². The summed E-state index contributed by atoms with van der Waals surface area (Å²) in [6.07, 6.45) is 2.02. The number of hydrogen-bond acceptors (Lipinski definition) is 4. The number of nitrogens with zero attached hydrogens (tertiary/aromatic N) is 1. The number of aryl methyl sites for hydroxylation is 1.